The summed E-state index contributed by atoms with van der Waals surface area (Å²) in [4.78, 5) is 22.7. The third-order valence-electron chi connectivity index (χ3n) is 4.30. The Hall–Kier alpha value is -2.83. The first-order chi connectivity index (χ1) is 12.2. The van der Waals surface area contributed by atoms with Crippen LogP contribution in [0.4, 0.5) is 17.3 Å². The van der Waals surface area contributed by atoms with E-state index in [1.54, 1.807) is 0 Å². The van der Waals surface area contributed by atoms with Crippen molar-refractivity contribution >= 4 is 23.2 Å². The predicted octanol–water partition coefficient (Wildman–Crippen LogP) is 2.12. The number of aromatic nitrogens is 2. The quantitative estimate of drug-likeness (QED) is 0.722. The lowest BCUT2D eigenvalue weighted by molar-refractivity contribution is -0.119. The minimum Gasteiger partial charge on any atom is -0.393 e. The van der Waals surface area contributed by atoms with Crippen molar-refractivity contribution in [1.29, 1.82) is 0 Å². The molecule has 0 spiro atoms. The van der Waals surface area contributed by atoms with E-state index >= 15 is 0 Å². The van der Waals surface area contributed by atoms with Crippen LogP contribution in [-0.2, 0) is 11.2 Å². The highest BCUT2D eigenvalue weighted by atomic mass is 16.2. The van der Waals surface area contributed by atoms with Crippen molar-refractivity contribution in [2.75, 3.05) is 29.1 Å². The van der Waals surface area contributed by atoms with Gasteiger partial charge in [-0.3, -0.25) is 15.6 Å². The molecule has 1 aliphatic heterocycles. The van der Waals surface area contributed by atoms with Crippen molar-refractivity contribution in [3.05, 3.63) is 42.2 Å². The van der Waals surface area contributed by atoms with Gasteiger partial charge in [-0.1, -0.05) is 43.2 Å². The minimum atomic E-state index is -0.152. The van der Waals surface area contributed by atoms with Gasteiger partial charge in [0.1, 0.15) is 12.0 Å². The fourth-order valence-corrected chi connectivity index (χ4v) is 2.97. The maximum absolute atomic E-state index is 12.1. The average molecular weight is 340 g/mol. The molecule has 7 heteroatoms. The molecule has 132 valence electrons. The number of hydrazine groups is 1. The molecule has 4 N–H and O–H groups in total. The Morgan fingerprint density at radius 2 is 1.80 bits per heavy atom. The average Bonchev–Trinajstić information content (AvgIpc) is 2.91. The summed E-state index contributed by atoms with van der Waals surface area (Å²) in [7, 11) is 0. The Bertz CT molecular complexity index is 698. The van der Waals surface area contributed by atoms with E-state index in [2.05, 4.69) is 25.7 Å². The van der Waals surface area contributed by atoms with Crippen molar-refractivity contribution in [2.45, 2.75) is 32.1 Å². The maximum Gasteiger partial charge on any atom is 0.242 e. The van der Waals surface area contributed by atoms with Gasteiger partial charge < -0.3 is 10.6 Å². The summed E-state index contributed by atoms with van der Waals surface area (Å²) in [5, 5.41) is 0. The van der Waals surface area contributed by atoms with Crippen LogP contribution in [0, 0.1) is 0 Å². The van der Waals surface area contributed by atoms with Gasteiger partial charge in [-0.15, -0.1) is 0 Å². The molecule has 0 unspecified atom stereocenters. The number of carbonyl (C=O) groups excluding carboxylic acids is 1. The number of hydrogen-bond donors (Lipinski definition) is 3. The summed E-state index contributed by atoms with van der Waals surface area (Å²) in [6, 6.07) is 9.57. The van der Waals surface area contributed by atoms with Crippen LogP contribution in [0.2, 0.25) is 0 Å². The Kier molecular flexibility index (Phi) is 5.66. The number of anilines is 3. The van der Waals surface area contributed by atoms with E-state index in [0.29, 0.717) is 11.5 Å². The number of nitrogen functional groups attached to an aromatic ring is 1. The highest BCUT2D eigenvalue weighted by Gasteiger charge is 2.17. The van der Waals surface area contributed by atoms with Crippen LogP contribution in [0.5, 0.6) is 0 Å². The van der Waals surface area contributed by atoms with Crippen molar-refractivity contribution in [3.8, 4) is 0 Å². The van der Waals surface area contributed by atoms with E-state index in [1.807, 2.05) is 30.3 Å². The molecule has 25 heavy (non-hydrogen) atoms. The van der Waals surface area contributed by atoms with E-state index < -0.39 is 0 Å². The second kappa shape index (κ2) is 8.32. The number of rotatable bonds is 5. The molecule has 0 aliphatic carbocycles. The standard InChI is InChI=1S/C18H24N6O/c19-16-17(23-22-15(25)12-14-8-4-3-5-9-14)20-13-21-18(16)24-10-6-1-2-7-11-24/h3-5,8-9,13H,1-2,6-7,10-12,19H2,(H,22,25)(H,20,21,23). The zero-order chi connectivity index (χ0) is 17.5. The lowest BCUT2D eigenvalue weighted by atomic mass is 10.1. The third-order valence-corrected chi connectivity index (χ3v) is 4.30. The normalized spacial score (nSPS) is 14.6. The summed E-state index contributed by atoms with van der Waals surface area (Å²) in [6.45, 7) is 1.89. The van der Waals surface area contributed by atoms with Crippen LogP contribution >= 0.6 is 0 Å². The molecule has 0 bridgehead atoms. The second-order valence-corrected chi connectivity index (χ2v) is 6.20. The predicted molar refractivity (Wildman–Crippen MR) is 99.0 cm³/mol. The van der Waals surface area contributed by atoms with Crippen LogP contribution in [0.25, 0.3) is 0 Å². The molecule has 2 heterocycles. The smallest absolute Gasteiger partial charge is 0.242 e. The fourth-order valence-electron chi connectivity index (χ4n) is 2.97. The second-order valence-electron chi connectivity index (χ2n) is 6.20. The number of carbonyl (C=O) groups is 1. The summed E-state index contributed by atoms with van der Waals surface area (Å²) in [5.41, 5.74) is 13.1. The van der Waals surface area contributed by atoms with E-state index in [4.69, 9.17) is 5.73 Å². The van der Waals surface area contributed by atoms with Crippen molar-refractivity contribution in [3.63, 3.8) is 0 Å². The van der Waals surface area contributed by atoms with Gasteiger partial charge >= 0.3 is 0 Å². The molecule has 1 fully saturated rings. The number of nitrogens with zero attached hydrogens (tertiary/aromatic N) is 3. The number of hydrogen-bond acceptors (Lipinski definition) is 6. The van der Waals surface area contributed by atoms with Crippen molar-refractivity contribution < 1.29 is 4.79 Å². The molecule has 0 saturated carbocycles. The highest BCUT2D eigenvalue weighted by molar-refractivity contribution is 5.82. The van der Waals surface area contributed by atoms with Gasteiger partial charge in [-0.05, 0) is 18.4 Å². The van der Waals surface area contributed by atoms with E-state index in [-0.39, 0.29) is 12.3 Å². The van der Waals surface area contributed by atoms with Crippen molar-refractivity contribution in [2.24, 2.45) is 0 Å². The maximum atomic E-state index is 12.1. The van der Waals surface area contributed by atoms with E-state index in [9.17, 15) is 4.79 Å². The van der Waals surface area contributed by atoms with Crippen LogP contribution in [0.3, 0.4) is 0 Å². The highest BCUT2D eigenvalue weighted by Crippen LogP contribution is 2.27. The molecule has 1 aromatic carbocycles. The number of nitrogens with two attached hydrogens (primary N) is 1. The first-order valence-corrected chi connectivity index (χ1v) is 8.68. The largest absolute Gasteiger partial charge is 0.393 e. The molecule has 1 saturated heterocycles. The SMILES string of the molecule is Nc1c(NNC(=O)Cc2ccccc2)ncnc1N1CCCCCC1. The lowest BCUT2D eigenvalue weighted by Crippen LogP contribution is -2.32. The Morgan fingerprint density at radius 3 is 2.52 bits per heavy atom. The minimum absolute atomic E-state index is 0.152. The number of amides is 1. The molecule has 3 rings (SSSR count). The van der Waals surface area contributed by atoms with Crippen LogP contribution < -0.4 is 21.5 Å². The van der Waals surface area contributed by atoms with E-state index in [0.717, 1.165) is 37.3 Å². The Balaban J connectivity index is 1.62. The summed E-state index contributed by atoms with van der Waals surface area (Å²) in [6.07, 6.45) is 6.52. The molecule has 0 atom stereocenters. The first kappa shape index (κ1) is 17.0. The van der Waals surface area contributed by atoms with Gasteiger partial charge in [0.05, 0.1) is 6.42 Å². The van der Waals surface area contributed by atoms with Crippen molar-refractivity contribution in [1.82, 2.24) is 15.4 Å². The first-order valence-electron chi connectivity index (χ1n) is 8.68. The van der Waals surface area contributed by atoms with Gasteiger partial charge in [0, 0.05) is 13.1 Å². The van der Waals surface area contributed by atoms with Gasteiger partial charge in [0.15, 0.2) is 11.6 Å². The van der Waals surface area contributed by atoms with Gasteiger partial charge in [0.25, 0.3) is 0 Å². The van der Waals surface area contributed by atoms with Crippen LogP contribution in [0.15, 0.2) is 36.7 Å². The fraction of sp³-hybridized carbons (Fsp3) is 0.389. The Morgan fingerprint density at radius 1 is 1.08 bits per heavy atom. The van der Waals surface area contributed by atoms with Gasteiger partial charge in [0.2, 0.25) is 5.91 Å². The summed E-state index contributed by atoms with van der Waals surface area (Å²) >= 11 is 0. The zero-order valence-corrected chi connectivity index (χ0v) is 14.2. The topological polar surface area (TPSA) is 96.2 Å². The summed E-state index contributed by atoms with van der Waals surface area (Å²) < 4.78 is 0. The monoisotopic (exact) mass is 340 g/mol. The molecule has 7 nitrogen and oxygen atoms in total. The molecule has 1 amide bonds. The lowest BCUT2D eigenvalue weighted by Gasteiger charge is -2.23. The Labute approximate surface area is 147 Å². The zero-order valence-electron chi connectivity index (χ0n) is 14.2. The molecular weight excluding hydrogens is 316 g/mol. The van der Waals surface area contributed by atoms with Gasteiger partial charge in [-0.25, -0.2) is 9.97 Å². The van der Waals surface area contributed by atoms with E-state index in [1.165, 1.54) is 19.2 Å². The number of benzene rings is 1. The molecule has 1 aromatic heterocycles. The molecule has 0 radical (unpaired) electrons. The van der Waals surface area contributed by atoms with Crippen LogP contribution in [0.1, 0.15) is 31.2 Å². The summed E-state index contributed by atoms with van der Waals surface area (Å²) in [5.74, 6) is 1.01. The molecular formula is C18H24N6O. The number of nitrogens with one attached hydrogen (secondary N) is 2. The third kappa shape index (κ3) is 4.59. The molecule has 2 aromatic rings. The van der Waals surface area contributed by atoms with Gasteiger partial charge in [-0.2, -0.15) is 0 Å². The van der Waals surface area contributed by atoms with Crippen LogP contribution in [-0.4, -0.2) is 29.0 Å². The molecule has 1 aliphatic rings.